The van der Waals surface area contributed by atoms with Gasteiger partial charge in [0.15, 0.2) is 0 Å². The zero-order valence-electron chi connectivity index (χ0n) is 10.5. The van der Waals surface area contributed by atoms with Crippen molar-refractivity contribution in [1.29, 1.82) is 0 Å². The van der Waals surface area contributed by atoms with Gasteiger partial charge in [-0.15, -0.1) is 0 Å². The number of benzene rings is 1. The molecular formula is C13H17NO4. The molecule has 1 amide bonds. The predicted molar refractivity (Wildman–Crippen MR) is 67.6 cm³/mol. The highest BCUT2D eigenvalue weighted by atomic mass is 16.5. The highest BCUT2D eigenvalue weighted by Crippen LogP contribution is 2.20. The predicted octanol–water partition coefficient (Wildman–Crippen LogP) is 1.60. The van der Waals surface area contributed by atoms with Gasteiger partial charge in [0.1, 0.15) is 13.2 Å². The maximum atomic E-state index is 11.6. The van der Waals surface area contributed by atoms with Crippen LogP contribution in [-0.2, 0) is 20.7 Å². The van der Waals surface area contributed by atoms with Gasteiger partial charge < -0.3 is 15.2 Å². The molecule has 0 fully saturated rings. The van der Waals surface area contributed by atoms with Gasteiger partial charge in [-0.3, -0.25) is 4.79 Å². The normalized spacial score (nSPS) is 10.1. The second kappa shape index (κ2) is 6.76. The number of aliphatic carboxylic acids is 1. The van der Waals surface area contributed by atoms with E-state index < -0.39 is 12.6 Å². The Balaban J connectivity index is 2.61. The van der Waals surface area contributed by atoms with E-state index >= 15 is 0 Å². The summed E-state index contributed by atoms with van der Waals surface area (Å²) >= 11 is 0. The summed E-state index contributed by atoms with van der Waals surface area (Å²) in [7, 11) is 0. The lowest BCUT2D eigenvalue weighted by Crippen LogP contribution is -2.21. The Hall–Kier alpha value is -1.88. The first-order valence-corrected chi connectivity index (χ1v) is 5.72. The van der Waals surface area contributed by atoms with Crippen LogP contribution in [0.15, 0.2) is 18.2 Å². The number of para-hydroxylation sites is 1. The molecule has 1 rings (SSSR count). The van der Waals surface area contributed by atoms with E-state index in [9.17, 15) is 9.59 Å². The summed E-state index contributed by atoms with van der Waals surface area (Å²) in [6.07, 6.45) is 0.813. The monoisotopic (exact) mass is 251 g/mol. The van der Waals surface area contributed by atoms with Gasteiger partial charge in [-0.05, 0) is 24.5 Å². The molecule has 0 saturated carbocycles. The highest BCUT2D eigenvalue weighted by molar-refractivity contribution is 5.93. The maximum absolute atomic E-state index is 11.6. The van der Waals surface area contributed by atoms with Crippen LogP contribution in [0, 0.1) is 6.92 Å². The molecule has 0 atom stereocenters. The van der Waals surface area contributed by atoms with Crippen LogP contribution in [0.4, 0.5) is 5.69 Å². The van der Waals surface area contributed by atoms with E-state index in [1.165, 1.54) is 0 Å². The Morgan fingerprint density at radius 2 is 2.06 bits per heavy atom. The van der Waals surface area contributed by atoms with Crippen molar-refractivity contribution in [3.8, 4) is 0 Å². The van der Waals surface area contributed by atoms with Crippen LogP contribution in [0.3, 0.4) is 0 Å². The topological polar surface area (TPSA) is 75.6 Å². The number of hydrogen-bond acceptors (Lipinski definition) is 3. The molecule has 5 nitrogen and oxygen atoms in total. The molecule has 0 heterocycles. The average molecular weight is 251 g/mol. The quantitative estimate of drug-likeness (QED) is 0.805. The van der Waals surface area contributed by atoms with Gasteiger partial charge in [0.05, 0.1) is 0 Å². The fraction of sp³-hybridized carbons (Fsp3) is 0.385. The van der Waals surface area contributed by atoms with Gasteiger partial charge >= 0.3 is 5.97 Å². The number of amides is 1. The number of carbonyl (C=O) groups excluding carboxylic acids is 1. The van der Waals surface area contributed by atoms with Crippen LogP contribution in [0.1, 0.15) is 18.1 Å². The summed E-state index contributed by atoms with van der Waals surface area (Å²) in [5.41, 5.74) is 2.80. The minimum atomic E-state index is -1.09. The molecule has 0 spiro atoms. The zero-order valence-corrected chi connectivity index (χ0v) is 10.5. The van der Waals surface area contributed by atoms with Gasteiger partial charge in [0.2, 0.25) is 5.91 Å². The number of carboxylic acid groups (broad SMARTS) is 1. The molecular weight excluding hydrogens is 234 g/mol. The van der Waals surface area contributed by atoms with E-state index in [1.807, 2.05) is 32.0 Å². The Kier molecular flexibility index (Phi) is 5.32. The highest BCUT2D eigenvalue weighted by Gasteiger charge is 2.09. The maximum Gasteiger partial charge on any atom is 0.329 e. The van der Waals surface area contributed by atoms with Crippen LogP contribution in [0.5, 0.6) is 0 Å². The van der Waals surface area contributed by atoms with E-state index in [0.29, 0.717) is 0 Å². The van der Waals surface area contributed by atoms with Crippen molar-refractivity contribution in [2.24, 2.45) is 0 Å². The third-order valence-corrected chi connectivity index (χ3v) is 2.46. The first kappa shape index (κ1) is 14.2. The standard InChI is InChI=1S/C13H17NO4/c1-3-10-6-4-5-9(2)13(10)14-11(15)7-18-8-12(16)17/h4-6H,3,7-8H2,1-2H3,(H,14,15)(H,16,17). The second-order valence-electron chi connectivity index (χ2n) is 3.90. The minimum Gasteiger partial charge on any atom is -0.480 e. The molecule has 0 aliphatic heterocycles. The third-order valence-electron chi connectivity index (χ3n) is 2.46. The first-order chi connectivity index (χ1) is 8.54. The number of rotatable bonds is 6. The minimum absolute atomic E-state index is 0.260. The Morgan fingerprint density at radius 1 is 1.33 bits per heavy atom. The fourth-order valence-electron chi connectivity index (χ4n) is 1.61. The summed E-state index contributed by atoms with van der Waals surface area (Å²) in [6.45, 7) is 3.18. The Labute approximate surface area is 106 Å². The van der Waals surface area contributed by atoms with Crippen molar-refractivity contribution in [2.45, 2.75) is 20.3 Å². The number of carboxylic acids is 1. The zero-order chi connectivity index (χ0) is 13.5. The van der Waals surface area contributed by atoms with Crippen molar-refractivity contribution in [3.63, 3.8) is 0 Å². The molecule has 0 saturated heterocycles. The lowest BCUT2D eigenvalue weighted by molar-refractivity contribution is -0.143. The molecule has 0 unspecified atom stereocenters. The number of anilines is 1. The molecule has 98 valence electrons. The number of hydrogen-bond donors (Lipinski definition) is 2. The second-order valence-corrected chi connectivity index (χ2v) is 3.90. The van der Waals surface area contributed by atoms with Crippen molar-refractivity contribution in [3.05, 3.63) is 29.3 Å². The Morgan fingerprint density at radius 3 is 2.67 bits per heavy atom. The summed E-state index contributed by atoms with van der Waals surface area (Å²) in [5, 5.41) is 11.1. The third kappa shape index (κ3) is 4.18. The van der Waals surface area contributed by atoms with Crippen molar-refractivity contribution >= 4 is 17.6 Å². The molecule has 1 aromatic rings. The molecule has 1 aromatic carbocycles. The van der Waals surface area contributed by atoms with Crippen LogP contribution in [0.25, 0.3) is 0 Å². The smallest absolute Gasteiger partial charge is 0.329 e. The molecule has 0 radical (unpaired) electrons. The van der Waals surface area contributed by atoms with Gasteiger partial charge in [0.25, 0.3) is 0 Å². The SMILES string of the molecule is CCc1cccc(C)c1NC(=O)COCC(=O)O. The number of nitrogens with one attached hydrogen (secondary N) is 1. The summed E-state index contributed by atoms with van der Waals surface area (Å²) in [4.78, 5) is 21.8. The van der Waals surface area contributed by atoms with Gasteiger partial charge in [-0.25, -0.2) is 4.79 Å². The van der Waals surface area contributed by atoms with E-state index in [0.717, 1.165) is 23.2 Å². The first-order valence-electron chi connectivity index (χ1n) is 5.72. The lowest BCUT2D eigenvalue weighted by Gasteiger charge is -2.12. The van der Waals surface area contributed by atoms with Crippen LogP contribution < -0.4 is 5.32 Å². The van der Waals surface area contributed by atoms with Crippen LogP contribution in [0.2, 0.25) is 0 Å². The number of carbonyl (C=O) groups is 2. The van der Waals surface area contributed by atoms with Crippen LogP contribution >= 0.6 is 0 Å². The van der Waals surface area contributed by atoms with Crippen molar-refractivity contribution in [2.75, 3.05) is 18.5 Å². The molecule has 0 bridgehead atoms. The number of ether oxygens (including phenoxy) is 1. The van der Waals surface area contributed by atoms with E-state index in [-0.39, 0.29) is 12.5 Å². The van der Waals surface area contributed by atoms with Gasteiger partial charge in [-0.2, -0.15) is 0 Å². The molecule has 0 aliphatic carbocycles. The lowest BCUT2D eigenvalue weighted by atomic mass is 10.1. The molecule has 18 heavy (non-hydrogen) atoms. The van der Waals surface area contributed by atoms with Crippen molar-refractivity contribution in [1.82, 2.24) is 0 Å². The van der Waals surface area contributed by atoms with E-state index in [1.54, 1.807) is 0 Å². The molecule has 2 N–H and O–H groups in total. The largest absolute Gasteiger partial charge is 0.480 e. The molecule has 0 aliphatic rings. The van der Waals surface area contributed by atoms with Gasteiger partial charge in [0, 0.05) is 5.69 Å². The molecule has 0 aromatic heterocycles. The average Bonchev–Trinajstić information content (AvgIpc) is 2.31. The molecule has 5 heteroatoms. The summed E-state index contributed by atoms with van der Waals surface area (Å²) in [5.74, 6) is -1.44. The van der Waals surface area contributed by atoms with Crippen molar-refractivity contribution < 1.29 is 19.4 Å². The Bertz CT molecular complexity index is 443. The fourth-order valence-corrected chi connectivity index (χ4v) is 1.61. The van der Waals surface area contributed by atoms with E-state index in [2.05, 4.69) is 5.32 Å². The van der Waals surface area contributed by atoms with Gasteiger partial charge in [-0.1, -0.05) is 25.1 Å². The summed E-state index contributed by atoms with van der Waals surface area (Å²) < 4.78 is 4.73. The van der Waals surface area contributed by atoms with Crippen LogP contribution in [-0.4, -0.2) is 30.2 Å². The van der Waals surface area contributed by atoms with E-state index in [4.69, 9.17) is 9.84 Å². The number of aryl methyl sites for hydroxylation is 2. The summed E-state index contributed by atoms with van der Waals surface area (Å²) in [6, 6.07) is 5.79.